The molecule has 0 fully saturated rings. The Morgan fingerprint density at radius 3 is 2.69 bits per heavy atom. The van der Waals surface area contributed by atoms with Crippen LogP contribution in [0.15, 0.2) is 36.5 Å². The van der Waals surface area contributed by atoms with Crippen LogP contribution < -0.4 is 5.73 Å². The Labute approximate surface area is 92.4 Å². The lowest BCUT2D eigenvalue weighted by Gasteiger charge is -2.05. The number of carbonyl (C=O) groups excluding carboxylic acids is 1. The molecule has 0 unspecified atom stereocenters. The molecule has 1 aromatic carbocycles. The Kier molecular flexibility index (Phi) is 2.59. The summed E-state index contributed by atoms with van der Waals surface area (Å²) >= 11 is 0. The van der Waals surface area contributed by atoms with Crippen molar-refractivity contribution >= 4 is 11.7 Å². The number of hydrogen-bond acceptors (Lipinski definition) is 4. The van der Waals surface area contributed by atoms with Crippen LogP contribution in [-0.4, -0.2) is 22.9 Å². The lowest BCUT2D eigenvalue weighted by atomic mass is 10.3. The molecule has 2 N–H and O–H groups in total. The van der Waals surface area contributed by atoms with Gasteiger partial charge in [0.15, 0.2) is 5.69 Å². The molecule has 0 saturated carbocycles. The van der Waals surface area contributed by atoms with Crippen molar-refractivity contribution in [2.45, 2.75) is 0 Å². The highest BCUT2D eigenvalue weighted by Gasteiger charge is 2.18. The number of para-hydroxylation sites is 1. The number of aromatic nitrogens is 2. The highest BCUT2D eigenvalue weighted by Crippen LogP contribution is 2.17. The summed E-state index contributed by atoms with van der Waals surface area (Å²) in [4.78, 5) is 11.5. The molecule has 0 atom stereocenters. The smallest absolute Gasteiger partial charge is 0.358 e. The number of nitrogens with two attached hydrogens (primary N) is 1. The number of benzene rings is 1. The van der Waals surface area contributed by atoms with E-state index in [1.807, 2.05) is 30.3 Å². The minimum Gasteiger partial charge on any atom is -0.464 e. The number of anilines is 1. The van der Waals surface area contributed by atoms with Gasteiger partial charge >= 0.3 is 5.97 Å². The van der Waals surface area contributed by atoms with Gasteiger partial charge in [-0.2, -0.15) is 5.10 Å². The number of nitrogen functional groups attached to an aromatic ring is 1. The molecule has 0 spiro atoms. The summed E-state index contributed by atoms with van der Waals surface area (Å²) in [5.74, 6) is -0.501. The zero-order valence-corrected chi connectivity index (χ0v) is 8.75. The summed E-state index contributed by atoms with van der Waals surface area (Å²) in [5, 5.41) is 4.05. The number of nitrogens with zero attached hydrogens (tertiary/aromatic N) is 2. The van der Waals surface area contributed by atoms with Crippen molar-refractivity contribution in [1.29, 1.82) is 0 Å². The van der Waals surface area contributed by atoms with Crippen molar-refractivity contribution in [2.75, 3.05) is 12.8 Å². The fourth-order valence-electron chi connectivity index (χ4n) is 1.43. The maximum absolute atomic E-state index is 11.5. The number of ether oxygens (including phenoxy) is 1. The SMILES string of the molecule is COC(=O)c1c(N)cnn1-c1ccccc1. The topological polar surface area (TPSA) is 70.1 Å². The first kappa shape index (κ1) is 10.2. The Balaban J connectivity index is 2.55. The average molecular weight is 217 g/mol. The molecule has 0 aliphatic heterocycles. The normalized spacial score (nSPS) is 10.1. The maximum atomic E-state index is 11.5. The van der Waals surface area contributed by atoms with Crippen molar-refractivity contribution < 1.29 is 9.53 Å². The van der Waals surface area contributed by atoms with Crippen molar-refractivity contribution in [3.63, 3.8) is 0 Å². The third-order valence-electron chi connectivity index (χ3n) is 2.18. The van der Waals surface area contributed by atoms with Crippen LogP contribution in [0.25, 0.3) is 5.69 Å². The van der Waals surface area contributed by atoms with Crippen LogP contribution >= 0.6 is 0 Å². The summed E-state index contributed by atoms with van der Waals surface area (Å²) in [6.45, 7) is 0. The Morgan fingerprint density at radius 1 is 1.38 bits per heavy atom. The van der Waals surface area contributed by atoms with Crippen LogP contribution in [-0.2, 0) is 4.74 Å². The standard InChI is InChI=1S/C11H11N3O2/c1-16-11(15)10-9(12)7-13-14(10)8-5-3-2-4-6-8/h2-7H,12H2,1H3. The van der Waals surface area contributed by atoms with Gasteiger partial charge in [0.05, 0.1) is 24.7 Å². The van der Waals surface area contributed by atoms with Gasteiger partial charge in [-0.3, -0.25) is 0 Å². The first-order valence-electron chi connectivity index (χ1n) is 4.71. The number of methoxy groups -OCH3 is 1. The fraction of sp³-hybridized carbons (Fsp3) is 0.0909. The molecule has 0 aliphatic rings. The Hall–Kier alpha value is -2.30. The second-order valence-corrected chi connectivity index (χ2v) is 3.19. The molecule has 2 aromatic rings. The summed E-state index contributed by atoms with van der Waals surface area (Å²) < 4.78 is 6.12. The second-order valence-electron chi connectivity index (χ2n) is 3.19. The molecule has 0 saturated heterocycles. The van der Waals surface area contributed by atoms with Gasteiger partial charge in [-0.1, -0.05) is 18.2 Å². The van der Waals surface area contributed by atoms with E-state index >= 15 is 0 Å². The van der Waals surface area contributed by atoms with E-state index < -0.39 is 5.97 Å². The van der Waals surface area contributed by atoms with Gasteiger partial charge in [0, 0.05) is 0 Å². The Bertz CT molecular complexity index is 505. The van der Waals surface area contributed by atoms with Gasteiger partial charge in [-0.05, 0) is 12.1 Å². The lowest BCUT2D eigenvalue weighted by Crippen LogP contribution is -2.12. The maximum Gasteiger partial charge on any atom is 0.358 e. The van der Waals surface area contributed by atoms with Crippen LogP contribution in [0.1, 0.15) is 10.5 Å². The first-order chi connectivity index (χ1) is 7.74. The van der Waals surface area contributed by atoms with Gasteiger partial charge in [-0.25, -0.2) is 9.48 Å². The monoisotopic (exact) mass is 217 g/mol. The molecule has 82 valence electrons. The third kappa shape index (κ3) is 1.63. The zero-order valence-electron chi connectivity index (χ0n) is 8.75. The van der Waals surface area contributed by atoms with E-state index in [1.165, 1.54) is 18.0 Å². The van der Waals surface area contributed by atoms with E-state index in [2.05, 4.69) is 9.84 Å². The molecule has 0 radical (unpaired) electrons. The fourth-order valence-corrected chi connectivity index (χ4v) is 1.43. The van der Waals surface area contributed by atoms with Crippen molar-refractivity contribution in [3.8, 4) is 5.69 Å². The predicted octanol–water partition coefficient (Wildman–Crippen LogP) is 1.24. The lowest BCUT2D eigenvalue weighted by molar-refractivity contribution is 0.0591. The first-order valence-corrected chi connectivity index (χ1v) is 4.71. The predicted molar refractivity (Wildman–Crippen MR) is 59.3 cm³/mol. The van der Waals surface area contributed by atoms with Gasteiger partial charge in [0.25, 0.3) is 0 Å². The molecular weight excluding hydrogens is 206 g/mol. The molecule has 0 bridgehead atoms. The molecule has 1 aromatic heterocycles. The molecule has 0 aliphatic carbocycles. The molecule has 0 amide bonds. The van der Waals surface area contributed by atoms with E-state index in [0.29, 0.717) is 5.69 Å². The molecule has 1 heterocycles. The van der Waals surface area contributed by atoms with Gasteiger partial charge in [-0.15, -0.1) is 0 Å². The van der Waals surface area contributed by atoms with Crippen molar-refractivity contribution in [3.05, 3.63) is 42.2 Å². The summed E-state index contributed by atoms with van der Waals surface area (Å²) in [6.07, 6.45) is 1.43. The Morgan fingerprint density at radius 2 is 2.06 bits per heavy atom. The number of rotatable bonds is 2. The van der Waals surface area contributed by atoms with Crippen LogP contribution in [0.3, 0.4) is 0 Å². The van der Waals surface area contributed by atoms with Crippen LogP contribution in [0, 0.1) is 0 Å². The number of esters is 1. The average Bonchev–Trinajstić information content (AvgIpc) is 2.71. The van der Waals surface area contributed by atoms with Crippen LogP contribution in [0.4, 0.5) is 5.69 Å². The van der Waals surface area contributed by atoms with Gasteiger partial charge < -0.3 is 10.5 Å². The number of carbonyl (C=O) groups is 1. The van der Waals surface area contributed by atoms with Gasteiger partial charge in [0.1, 0.15) is 0 Å². The van der Waals surface area contributed by atoms with Crippen molar-refractivity contribution in [2.24, 2.45) is 0 Å². The summed E-state index contributed by atoms with van der Waals surface area (Å²) in [5.41, 5.74) is 6.98. The molecule has 5 heteroatoms. The van der Waals surface area contributed by atoms with E-state index in [0.717, 1.165) is 5.69 Å². The minimum atomic E-state index is -0.501. The van der Waals surface area contributed by atoms with E-state index in [9.17, 15) is 4.79 Å². The molecule has 2 rings (SSSR count). The summed E-state index contributed by atoms with van der Waals surface area (Å²) in [7, 11) is 1.31. The van der Waals surface area contributed by atoms with Crippen LogP contribution in [0.2, 0.25) is 0 Å². The highest BCUT2D eigenvalue weighted by atomic mass is 16.5. The zero-order chi connectivity index (χ0) is 11.5. The van der Waals surface area contributed by atoms with E-state index in [4.69, 9.17) is 5.73 Å². The van der Waals surface area contributed by atoms with E-state index in [-0.39, 0.29) is 5.69 Å². The third-order valence-corrected chi connectivity index (χ3v) is 2.18. The summed E-state index contributed by atoms with van der Waals surface area (Å²) in [6, 6.07) is 9.26. The molecule has 16 heavy (non-hydrogen) atoms. The van der Waals surface area contributed by atoms with E-state index in [1.54, 1.807) is 0 Å². The number of hydrogen-bond donors (Lipinski definition) is 1. The van der Waals surface area contributed by atoms with Crippen molar-refractivity contribution in [1.82, 2.24) is 9.78 Å². The largest absolute Gasteiger partial charge is 0.464 e. The molecular formula is C11H11N3O2. The second kappa shape index (κ2) is 4.06. The highest BCUT2D eigenvalue weighted by molar-refractivity contribution is 5.93. The minimum absolute atomic E-state index is 0.244. The quantitative estimate of drug-likeness (QED) is 0.768. The van der Waals surface area contributed by atoms with Crippen LogP contribution in [0.5, 0.6) is 0 Å². The van der Waals surface area contributed by atoms with Gasteiger partial charge in [0.2, 0.25) is 0 Å². The molecule has 5 nitrogen and oxygen atoms in total.